The van der Waals surface area contributed by atoms with E-state index in [9.17, 15) is 4.79 Å². The normalized spacial score (nSPS) is 11.1. The molecule has 0 saturated heterocycles. The van der Waals surface area contributed by atoms with Gasteiger partial charge in [0.05, 0.1) is 11.0 Å². The van der Waals surface area contributed by atoms with Crippen LogP contribution in [-0.4, -0.2) is 30.6 Å². The molecule has 0 saturated carbocycles. The summed E-state index contributed by atoms with van der Waals surface area (Å²) in [5, 5.41) is 4.01. The van der Waals surface area contributed by atoms with E-state index in [2.05, 4.69) is 20.1 Å². The molecule has 136 valence electrons. The third kappa shape index (κ3) is 3.69. The van der Waals surface area contributed by atoms with Crippen LogP contribution >= 0.6 is 0 Å². The molecule has 8 heteroatoms. The SMILES string of the molecule is NC(=O)CCCCc1nc(-c2ccc(-n3cnc4ccccc43)nc2)no1. The summed E-state index contributed by atoms with van der Waals surface area (Å²) in [6.45, 7) is 0. The molecule has 4 rings (SSSR count). The molecule has 1 amide bonds. The number of primary amides is 1. The molecule has 0 aliphatic carbocycles. The third-order valence-corrected chi connectivity index (χ3v) is 4.24. The Balaban J connectivity index is 1.47. The molecular formula is C19H18N6O2. The molecule has 2 N–H and O–H groups in total. The zero-order valence-corrected chi connectivity index (χ0v) is 14.6. The number of benzene rings is 1. The monoisotopic (exact) mass is 362 g/mol. The van der Waals surface area contributed by atoms with Gasteiger partial charge in [0.1, 0.15) is 12.1 Å². The van der Waals surface area contributed by atoms with Crippen molar-refractivity contribution in [3.63, 3.8) is 0 Å². The number of carbonyl (C=O) groups excluding carboxylic acids is 1. The number of fused-ring (bicyclic) bond motifs is 1. The average Bonchev–Trinajstić information content (AvgIpc) is 3.32. The van der Waals surface area contributed by atoms with E-state index in [1.165, 1.54) is 0 Å². The number of hydrogen-bond acceptors (Lipinski definition) is 6. The molecule has 4 aromatic rings. The van der Waals surface area contributed by atoms with E-state index >= 15 is 0 Å². The summed E-state index contributed by atoms with van der Waals surface area (Å²) in [4.78, 5) is 24.0. The highest BCUT2D eigenvalue weighted by Gasteiger charge is 2.10. The van der Waals surface area contributed by atoms with Gasteiger partial charge in [0, 0.05) is 24.6 Å². The fourth-order valence-electron chi connectivity index (χ4n) is 2.85. The van der Waals surface area contributed by atoms with Gasteiger partial charge in [-0.3, -0.25) is 9.36 Å². The van der Waals surface area contributed by atoms with Gasteiger partial charge in [-0.2, -0.15) is 4.98 Å². The van der Waals surface area contributed by atoms with Gasteiger partial charge in [0.15, 0.2) is 0 Å². The van der Waals surface area contributed by atoms with E-state index < -0.39 is 0 Å². The molecule has 0 aliphatic rings. The highest BCUT2D eigenvalue weighted by molar-refractivity contribution is 5.76. The molecule has 0 atom stereocenters. The summed E-state index contributed by atoms with van der Waals surface area (Å²) in [6.07, 6.45) is 5.94. The van der Waals surface area contributed by atoms with Crippen molar-refractivity contribution in [2.24, 2.45) is 5.73 Å². The minimum atomic E-state index is -0.293. The average molecular weight is 362 g/mol. The van der Waals surface area contributed by atoms with Crippen LogP contribution in [0.3, 0.4) is 0 Å². The Bertz CT molecular complexity index is 1070. The summed E-state index contributed by atoms with van der Waals surface area (Å²) in [5.74, 6) is 1.51. The van der Waals surface area contributed by atoms with Crippen LogP contribution in [0.5, 0.6) is 0 Å². The van der Waals surface area contributed by atoms with E-state index in [1.807, 2.05) is 41.0 Å². The second-order valence-corrected chi connectivity index (χ2v) is 6.19. The quantitative estimate of drug-likeness (QED) is 0.506. The number of para-hydroxylation sites is 2. The molecule has 0 radical (unpaired) electrons. The Hall–Kier alpha value is -3.55. The number of nitrogens with zero attached hydrogens (tertiary/aromatic N) is 5. The smallest absolute Gasteiger partial charge is 0.226 e. The summed E-state index contributed by atoms with van der Waals surface area (Å²) in [5.41, 5.74) is 7.82. The van der Waals surface area contributed by atoms with Crippen molar-refractivity contribution in [3.8, 4) is 17.2 Å². The zero-order valence-electron chi connectivity index (χ0n) is 14.6. The third-order valence-electron chi connectivity index (χ3n) is 4.24. The van der Waals surface area contributed by atoms with Gasteiger partial charge in [0.25, 0.3) is 0 Å². The Labute approximate surface area is 155 Å². The van der Waals surface area contributed by atoms with Gasteiger partial charge in [-0.25, -0.2) is 9.97 Å². The Morgan fingerprint density at radius 1 is 1.11 bits per heavy atom. The van der Waals surface area contributed by atoms with Crippen molar-refractivity contribution in [3.05, 3.63) is 54.8 Å². The van der Waals surface area contributed by atoms with Gasteiger partial charge < -0.3 is 10.3 Å². The van der Waals surface area contributed by atoms with Crippen molar-refractivity contribution >= 4 is 16.9 Å². The number of unbranched alkanes of at least 4 members (excludes halogenated alkanes) is 1. The summed E-state index contributed by atoms with van der Waals surface area (Å²) in [7, 11) is 0. The van der Waals surface area contributed by atoms with Crippen LogP contribution in [0.25, 0.3) is 28.2 Å². The maximum Gasteiger partial charge on any atom is 0.226 e. The highest BCUT2D eigenvalue weighted by atomic mass is 16.5. The van der Waals surface area contributed by atoms with E-state index in [-0.39, 0.29) is 5.91 Å². The fraction of sp³-hybridized carbons (Fsp3) is 0.211. The van der Waals surface area contributed by atoms with Crippen LogP contribution in [0.15, 0.2) is 53.4 Å². The predicted octanol–water partition coefficient (Wildman–Crippen LogP) is 2.67. The fourth-order valence-corrected chi connectivity index (χ4v) is 2.85. The van der Waals surface area contributed by atoms with E-state index in [1.54, 1.807) is 12.5 Å². The topological polar surface area (TPSA) is 113 Å². The van der Waals surface area contributed by atoms with Crippen LogP contribution in [0.4, 0.5) is 0 Å². The van der Waals surface area contributed by atoms with Crippen LogP contribution in [0, 0.1) is 0 Å². The minimum absolute atomic E-state index is 0.293. The number of pyridine rings is 1. The molecule has 27 heavy (non-hydrogen) atoms. The molecule has 0 bridgehead atoms. The molecule has 8 nitrogen and oxygen atoms in total. The molecular weight excluding hydrogens is 344 g/mol. The van der Waals surface area contributed by atoms with Crippen LogP contribution in [0.1, 0.15) is 25.2 Å². The number of imidazole rings is 1. The van der Waals surface area contributed by atoms with E-state index in [0.29, 0.717) is 31.0 Å². The molecule has 0 fully saturated rings. The summed E-state index contributed by atoms with van der Waals surface area (Å²) in [6, 6.07) is 11.7. The number of carbonyl (C=O) groups is 1. The number of rotatable bonds is 7. The number of nitrogens with two attached hydrogens (primary N) is 1. The molecule has 3 heterocycles. The second-order valence-electron chi connectivity index (χ2n) is 6.19. The first kappa shape index (κ1) is 16.9. The minimum Gasteiger partial charge on any atom is -0.370 e. The maximum absolute atomic E-state index is 10.7. The lowest BCUT2D eigenvalue weighted by Crippen LogP contribution is -2.09. The predicted molar refractivity (Wildman–Crippen MR) is 98.9 cm³/mol. The van der Waals surface area contributed by atoms with E-state index in [4.69, 9.17) is 10.3 Å². The molecule has 1 aromatic carbocycles. The number of amides is 1. The van der Waals surface area contributed by atoms with Crippen molar-refractivity contribution in [2.45, 2.75) is 25.7 Å². The first-order valence-corrected chi connectivity index (χ1v) is 8.70. The van der Waals surface area contributed by atoms with Crippen molar-refractivity contribution < 1.29 is 9.32 Å². The Morgan fingerprint density at radius 2 is 2.00 bits per heavy atom. The summed E-state index contributed by atoms with van der Waals surface area (Å²) < 4.78 is 7.20. The molecule has 0 unspecified atom stereocenters. The van der Waals surface area contributed by atoms with Crippen LogP contribution in [0.2, 0.25) is 0 Å². The molecule has 0 aliphatic heterocycles. The first-order chi connectivity index (χ1) is 13.2. The number of aryl methyl sites for hydroxylation is 1. The highest BCUT2D eigenvalue weighted by Crippen LogP contribution is 2.20. The lowest BCUT2D eigenvalue weighted by atomic mass is 10.2. The number of aromatic nitrogens is 5. The first-order valence-electron chi connectivity index (χ1n) is 8.70. The van der Waals surface area contributed by atoms with Crippen molar-refractivity contribution in [1.82, 2.24) is 24.7 Å². The summed E-state index contributed by atoms with van der Waals surface area (Å²) >= 11 is 0. The second kappa shape index (κ2) is 7.36. The van der Waals surface area contributed by atoms with Crippen LogP contribution in [-0.2, 0) is 11.2 Å². The Kier molecular flexibility index (Phi) is 4.61. The van der Waals surface area contributed by atoms with Crippen molar-refractivity contribution in [2.75, 3.05) is 0 Å². The van der Waals surface area contributed by atoms with Gasteiger partial charge >= 0.3 is 0 Å². The maximum atomic E-state index is 10.7. The van der Waals surface area contributed by atoms with Crippen LogP contribution < -0.4 is 5.73 Å². The van der Waals surface area contributed by atoms with Gasteiger partial charge in [-0.05, 0) is 37.1 Å². The number of hydrogen-bond donors (Lipinski definition) is 1. The largest absolute Gasteiger partial charge is 0.370 e. The van der Waals surface area contributed by atoms with Gasteiger partial charge in [-0.1, -0.05) is 17.3 Å². The van der Waals surface area contributed by atoms with Gasteiger partial charge in [0.2, 0.25) is 17.6 Å². The lowest BCUT2D eigenvalue weighted by molar-refractivity contribution is -0.118. The van der Waals surface area contributed by atoms with Gasteiger partial charge in [-0.15, -0.1) is 0 Å². The Morgan fingerprint density at radius 3 is 2.81 bits per heavy atom. The van der Waals surface area contributed by atoms with Crippen molar-refractivity contribution in [1.29, 1.82) is 0 Å². The van der Waals surface area contributed by atoms with E-state index in [0.717, 1.165) is 28.8 Å². The zero-order chi connectivity index (χ0) is 18.6. The lowest BCUT2D eigenvalue weighted by Gasteiger charge is -2.03. The standard InChI is InChI=1S/C19H18N6O2/c20-16(26)7-3-4-8-18-23-19(24-27-18)13-9-10-17(21-11-13)25-12-22-14-5-1-2-6-15(14)25/h1-2,5-6,9-12H,3-4,7-8H2,(H2,20,26). The molecule has 3 aromatic heterocycles. The molecule has 0 spiro atoms.